The number of nitrogens with zero attached hydrogens (tertiary/aromatic N) is 3. The molecule has 0 saturated heterocycles. The number of aromatic nitrogens is 2. The first-order valence-electron chi connectivity index (χ1n) is 8.10. The Morgan fingerprint density at radius 1 is 1.15 bits per heavy atom. The highest BCUT2D eigenvalue weighted by molar-refractivity contribution is 6.30. The fourth-order valence-electron chi connectivity index (χ4n) is 2.65. The van der Waals surface area contributed by atoms with E-state index in [9.17, 15) is 9.90 Å². The van der Waals surface area contributed by atoms with Crippen LogP contribution in [-0.2, 0) is 0 Å². The Balaban J connectivity index is 1.80. The lowest BCUT2D eigenvalue weighted by Gasteiger charge is -2.22. The van der Waals surface area contributed by atoms with E-state index in [2.05, 4.69) is 9.97 Å². The molecule has 0 bridgehead atoms. The van der Waals surface area contributed by atoms with E-state index in [1.807, 2.05) is 30.3 Å². The Morgan fingerprint density at radius 2 is 1.85 bits per heavy atom. The molecule has 132 valence electrons. The van der Waals surface area contributed by atoms with Crippen LogP contribution in [0.5, 0.6) is 0 Å². The highest BCUT2D eigenvalue weighted by atomic mass is 35.5. The van der Waals surface area contributed by atoms with Crippen LogP contribution in [0.25, 0.3) is 11.3 Å². The minimum Gasteiger partial charge on any atom is -0.387 e. The topological polar surface area (TPSA) is 66.3 Å². The fraction of sp³-hybridized carbons (Fsp3) is 0.150. The molecular formula is C20H18ClN3O2. The van der Waals surface area contributed by atoms with Gasteiger partial charge in [-0.25, -0.2) is 9.97 Å². The van der Waals surface area contributed by atoms with Crippen molar-refractivity contribution < 1.29 is 9.90 Å². The standard InChI is InChI=1S/C20H18ClN3O2/c1-24(12-18(25)14-7-9-16(21)10-8-14)20(26)17-11-22-13-23-19(17)15-5-3-2-4-6-15/h2-11,13,18,25H,12H2,1H3. The largest absolute Gasteiger partial charge is 0.387 e. The Kier molecular flexibility index (Phi) is 5.61. The number of benzene rings is 2. The Hall–Kier alpha value is -2.76. The number of hydrogen-bond acceptors (Lipinski definition) is 4. The summed E-state index contributed by atoms with van der Waals surface area (Å²) in [5, 5.41) is 11.0. The van der Waals surface area contributed by atoms with Gasteiger partial charge in [-0.05, 0) is 17.7 Å². The number of carbonyl (C=O) groups is 1. The number of hydrogen-bond donors (Lipinski definition) is 1. The summed E-state index contributed by atoms with van der Waals surface area (Å²) >= 11 is 5.87. The number of aliphatic hydroxyl groups excluding tert-OH is 1. The van der Waals surface area contributed by atoms with Crippen LogP contribution in [0.15, 0.2) is 67.1 Å². The molecule has 6 heteroatoms. The van der Waals surface area contributed by atoms with Crippen molar-refractivity contribution in [1.82, 2.24) is 14.9 Å². The van der Waals surface area contributed by atoms with Crippen molar-refractivity contribution in [2.75, 3.05) is 13.6 Å². The molecule has 2 aromatic carbocycles. The van der Waals surface area contributed by atoms with Crippen molar-refractivity contribution >= 4 is 17.5 Å². The number of likely N-dealkylation sites (N-methyl/N-ethyl adjacent to an activating group) is 1. The first kappa shape index (κ1) is 18.0. The van der Waals surface area contributed by atoms with E-state index in [-0.39, 0.29) is 12.5 Å². The average molecular weight is 368 g/mol. The second-order valence-corrected chi connectivity index (χ2v) is 6.34. The van der Waals surface area contributed by atoms with Crippen molar-refractivity contribution in [3.8, 4) is 11.3 Å². The zero-order valence-electron chi connectivity index (χ0n) is 14.2. The van der Waals surface area contributed by atoms with E-state index >= 15 is 0 Å². The maximum Gasteiger partial charge on any atom is 0.257 e. The molecule has 0 aliphatic carbocycles. The van der Waals surface area contributed by atoms with Gasteiger partial charge in [-0.15, -0.1) is 0 Å². The van der Waals surface area contributed by atoms with Gasteiger partial charge >= 0.3 is 0 Å². The Bertz CT molecular complexity index is 885. The lowest BCUT2D eigenvalue weighted by atomic mass is 10.1. The normalized spacial score (nSPS) is 11.8. The first-order valence-corrected chi connectivity index (χ1v) is 8.48. The average Bonchev–Trinajstić information content (AvgIpc) is 2.68. The van der Waals surface area contributed by atoms with Gasteiger partial charge in [0.05, 0.1) is 23.9 Å². The molecule has 0 aliphatic heterocycles. The van der Waals surface area contributed by atoms with Crippen LogP contribution < -0.4 is 0 Å². The van der Waals surface area contributed by atoms with Crippen LogP contribution in [0, 0.1) is 0 Å². The van der Waals surface area contributed by atoms with Gasteiger partial charge in [-0.3, -0.25) is 4.79 Å². The summed E-state index contributed by atoms with van der Waals surface area (Å²) in [6, 6.07) is 16.4. The van der Waals surface area contributed by atoms with Crippen molar-refractivity contribution in [2.45, 2.75) is 6.10 Å². The summed E-state index contributed by atoms with van der Waals surface area (Å²) in [6.07, 6.45) is 2.11. The third kappa shape index (κ3) is 4.07. The van der Waals surface area contributed by atoms with Crippen LogP contribution in [0.1, 0.15) is 22.0 Å². The van der Waals surface area contributed by atoms with Gasteiger partial charge in [0.1, 0.15) is 6.33 Å². The lowest BCUT2D eigenvalue weighted by molar-refractivity contribution is 0.0681. The number of rotatable bonds is 5. The van der Waals surface area contributed by atoms with E-state index in [0.29, 0.717) is 21.8 Å². The lowest BCUT2D eigenvalue weighted by Crippen LogP contribution is -2.31. The quantitative estimate of drug-likeness (QED) is 0.748. The maximum absolute atomic E-state index is 12.9. The van der Waals surface area contributed by atoms with Gasteiger partial charge in [0, 0.05) is 23.8 Å². The number of amides is 1. The molecule has 1 amide bonds. The monoisotopic (exact) mass is 367 g/mol. The van der Waals surface area contributed by atoms with Gasteiger partial charge in [0.15, 0.2) is 0 Å². The second-order valence-electron chi connectivity index (χ2n) is 5.90. The number of halogens is 1. The minimum absolute atomic E-state index is 0.142. The highest BCUT2D eigenvalue weighted by Crippen LogP contribution is 2.22. The van der Waals surface area contributed by atoms with E-state index in [0.717, 1.165) is 5.56 Å². The van der Waals surface area contributed by atoms with Crippen molar-refractivity contribution in [1.29, 1.82) is 0 Å². The molecule has 1 unspecified atom stereocenters. The highest BCUT2D eigenvalue weighted by Gasteiger charge is 2.21. The third-order valence-corrected chi connectivity index (χ3v) is 4.29. The second kappa shape index (κ2) is 8.08. The summed E-state index contributed by atoms with van der Waals surface area (Å²) in [6.45, 7) is 0.142. The number of carbonyl (C=O) groups excluding carboxylic acids is 1. The van der Waals surface area contributed by atoms with E-state index < -0.39 is 6.10 Å². The maximum atomic E-state index is 12.9. The minimum atomic E-state index is -0.814. The molecule has 0 fully saturated rings. The molecule has 1 aromatic heterocycles. The summed E-state index contributed by atoms with van der Waals surface area (Å²) in [4.78, 5) is 22.6. The molecular weight excluding hydrogens is 350 g/mol. The van der Waals surface area contributed by atoms with E-state index in [1.165, 1.54) is 17.4 Å². The molecule has 3 rings (SSSR count). The SMILES string of the molecule is CN(CC(O)c1ccc(Cl)cc1)C(=O)c1cncnc1-c1ccccc1. The summed E-state index contributed by atoms with van der Waals surface area (Å²) in [5.41, 5.74) is 2.49. The smallest absolute Gasteiger partial charge is 0.257 e. The van der Waals surface area contributed by atoms with Gasteiger partial charge in [-0.2, -0.15) is 0 Å². The fourth-order valence-corrected chi connectivity index (χ4v) is 2.78. The molecule has 0 aliphatic rings. The molecule has 1 atom stereocenters. The van der Waals surface area contributed by atoms with Crippen LogP contribution in [0.2, 0.25) is 5.02 Å². The molecule has 0 radical (unpaired) electrons. The summed E-state index contributed by atoms with van der Waals surface area (Å²) < 4.78 is 0. The molecule has 0 saturated carbocycles. The predicted octanol–water partition coefficient (Wildman–Crippen LogP) is 3.60. The van der Waals surface area contributed by atoms with Crippen LogP contribution in [0.4, 0.5) is 0 Å². The van der Waals surface area contributed by atoms with E-state index in [4.69, 9.17) is 11.6 Å². The Morgan fingerprint density at radius 3 is 2.54 bits per heavy atom. The van der Waals surface area contributed by atoms with Crippen LogP contribution in [0.3, 0.4) is 0 Å². The number of aliphatic hydroxyl groups is 1. The molecule has 26 heavy (non-hydrogen) atoms. The van der Waals surface area contributed by atoms with Crippen molar-refractivity contribution in [3.05, 3.63) is 83.3 Å². The van der Waals surface area contributed by atoms with Gasteiger partial charge in [0.2, 0.25) is 0 Å². The molecule has 0 spiro atoms. The Labute approximate surface area is 156 Å². The van der Waals surface area contributed by atoms with Crippen molar-refractivity contribution in [2.24, 2.45) is 0 Å². The molecule has 3 aromatic rings. The van der Waals surface area contributed by atoms with Crippen molar-refractivity contribution in [3.63, 3.8) is 0 Å². The molecule has 1 heterocycles. The first-order chi connectivity index (χ1) is 12.6. The summed E-state index contributed by atoms with van der Waals surface area (Å²) in [5.74, 6) is -0.252. The van der Waals surface area contributed by atoms with E-state index in [1.54, 1.807) is 31.3 Å². The zero-order chi connectivity index (χ0) is 18.5. The van der Waals surface area contributed by atoms with Crippen LogP contribution in [-0.4, -0.2) is 39.5 Å². The van der Waals surface area contributed by atoms with Crippen LogP contribution >= 0.6 is 11.6 Å². The zero-order valence-corrected chi connectivity index (χ0v) is 15.0. The molecule has 5 nitrogen and oxygen atoms in total. The molecule has 1 N–H and O–H groups in total. The van der Waals surface area contributed by atoms with Gasteiger partial charge < -0.3 is 10.0 Å². The predicted molar refractivity (Wildman–Crippen MR) is 101 cm³/mol. The summed E-state index contributed by atoms with van der Waals surface area (Å²) in [7, 11) is 1.64. The third-order valence-electron chi connectivity index (χ3n) is 4.04. The van der Waals surface area contributed by atoms with Gasteiger partial charge in [0.25, 0.3) is 5.91 Å². The van der Waals surface area contributed by atoms with Gasteiger partial charge in [-0.1, -0.05) is 54.1 Å².